The Hall–Kier alpha value is -0.960. The number of amides is 1. The van der Waals surface area contributed by atoms with Crippen molar-refractivity contribution in [1.29, 1.82) is 0 Å². The highest BCUT2D eigenvalue weighted by molar-refractivity contribution is 7.91. The number of hydrogen-bond acceptors (Lipinski definition) is 5. The van der Waals surface area contributed by atoms with E-state index in [4.69, 9.17) is 4.84 Å². The Bertz CT molecular complexity index is 556. The Balaban J connectivity index is 2.13. The van der Waals surface area contributed by atoms with Gasteiger partial charge in [0.25, 0.3) is 10.0 Å². The fourth-order valence-electron chi connectivity index (χ4n) is 2.25. The van der Waals surface area contributed by atoms with E-state index >= 15 is 0 Å². The molecule has 1 fully saturated rings. The van der Waals surface area contributed by atoms with Gasteiger partial charge in [0.2, 0.25) is 5.91 Å². The number of carbonyl (C=O) groups is 1. The zero-order valence-electron chi connectivity index (χ0n) is 11.5. The standard InChI is InChI=1S/C12H18N2O4S2/c1-13(18-2)12(15)10-5-3-7-14(9-10)20(16,17)11-6-4-8-19-11/h4,6,8,10H,3,5,7,9H2,1-2H3. The molecule has 1 aromatic heterocycles. The van der Waals surface area contributed by atoms with E-state index in [0.29, 0.717) is 23.6 Å². The van der Waals surface area contributed by atoms with Gasteiger partial charge in [0.1, 0.15) is 4.21 Å². The fourth-order valence-corrected chi connectivity index (χ4v) is 4.92. The topological polar surface area (TPSA) is 66.9 Å². The summed E-state index contributed by atoms with van der Waals surface area (Å²) in [5, 5.41) is 2.89. The van der Waals surface area contributed by atoms with Crippen LogP contribution in [0.5, 0.6) is 0 Å². The SMILES string of the molecule is CON(C)C(=O)C1CCCN(S(=O)(=O)c2cccs2)C1. The predicted octanol–water partition coefficient (Wildman–Crippen LogP) is 1.17. The first kappa shape index (κ1) is 15.4. The minimum absolute atomic E-state index is 0.182. The molecule has 1 aliphatic rings. The van der Waals surface area contributed by atoms with E-state index in [1.807, 2.05) is 0 Å². The lowest BCUT2D eigenvalue weighted by Gasteiger charge is -2.32. The molecule has 1 unspecified atom stereocenters. The zero-order chi connectivity index (χ0) is 14.8. The number of sulfonamides is 1. The first-order valence-electron chi connectivity index (χ1n) is 6.32. The van der Waals surface area contributed by atoms with Gasteiger partial charge in [-0.2, -0.15) is 4.31 Å². The fraction of sp³-hybridized carbons (Fsp3) is 0.583. The number of rotatable bonds is 4. The summed E-state index contributed by atoms with van der Waals surface area (Å²) in [5.74, 6) is -0.526. The Morgan fingerprint density at radius 1 is 1.55 bits per heavy atom. The third kappa shape index (κ3) is 3.03. The van der Waals surface area contributed by atoms with Gasteiger partial charge in [0.15, 0.2) is 0 Å². The highest BCUT2D eigenvalue weighted by Gasteiger charge is 2.34. The molecule has 6 nitrogen and oxygen atoms in total. The monoisotopic (exact) mass is 318 g/mol. The number of thiophene rings is 1. The first-order chi connectivity index (χ1) is 9.46. The molecule has 0 aromatic carbocycles. The van der Waals surface area contributed by atoms with Crippen LogP contribution < -0.4 is 0 Å². The molecule has 20 heavy (non-hydrogen) atoms. The maximum atomic E-state index is 12.4. The van der Waals surface area contributed by atoms with Gasteiger partial charge in [-0.25, -0.2) is 13.5 Å². The van der Waals surface area contributed by atoms with Crippen molar-refractivity contribution in [3.63, 3.8) is 0 Å². The lowest BCUT2D eigenvalue weighted by molar-refractivity contribution is -0.174. The van der Waals surface area contributed by atoms with Crippen LogP contribution in [0.1, 0.15) is 12.8 Å². The lowest BCUT2D eigenvalue weighted by Crippen LogP contribution is -2.45. The molecular weight excluding hydrogens is 300 g/mol. The third-order valence-corrected chi connectivity index (χ3v) is 6.64. The molecule has 1 atom stereocenters. The van der Waals surface area contributed by atoms with Crippen molar-refractivity contribution in [2.24, 2.45) is 5.92 Å². The van der Waals surface area contributed by atoms with Crippen LogP contribution in [-0.2, 0) is 19.7 Å². The minimum atomic E-state index is -3.48. The van der Waals surface area contributed by atoms with Crippen molar-refractivity contribution in [1.82, 2.24) is 9.37 Å². The molecule has 0 saturated carbocycles. The molecule has 1 aromatic rings. The number of piperidine rings is 1. The summed E-state index contributed by atoms with van der Waals surface area (Å²) in [4.78, 5) is 16.9. The van der Waals surface area contributed by atoms with Gasteiger partial charge in [-0.1, -0.05) is 6.07 Å². The van der Waals surface area contributed by atoms with Gasteiger partial charge in [-0.3, -0.25) is 9.63 Å². The summed E-state index contributed by atoms with van der Waals surface area (Å²) in [6.45, 7) is 0.674. The molecule has 8 heteroatoms. The van der Waals surface area contributed by atoms with Crippen LogP contribution in [0.4, 0.5) is 0 Å². The van der Waals surface area contributed by atoms with Crippen LogP contribution in [-0.4, -0.2) is 50.9 Å². The largest absolute Gasteiger partial charge is 0.275 e. The smallest absolute Gasteiger partial charge is 0.252 e. The van der Waals surface area contributed by atoms with Gasteiger partial charge in [0, 0.05) is 20.1 Å². The summed E-state index contributed by atoms with van der Waals surface area (Å²) >= 11 is 1.19. The second-order valence-electron chi connectivity index (χ2n) is 4.65. The van der Waals surface area contributed by atoms with Crippen LogP contribution in [0, 0.1) is 5.92 Å². The van der Waals surface area contributed by atoms with Crippen molar-refractivity contribution in [2.75, 3.05) is 27.2 Å². The van der Waals surface area contributed by atoms with Crippen LogP contribution in [0.3, 0.4) is 0 Å². The average Bonchev–Trinajstić information content (AvgIpc) is 3.00. The highest BCUT2D eigenvalue weighted by atomic mass is 32.2. The maximum absolute atomic E-state index is 12.4. The summed E-state index contributed by atoms with van der Waals surface area (Å²) < 4.78 is 26.6. The molecule has 0 N–H and O–H groups in total. The van der Waals surface area contributed by atoms with E-state index in [0.717, 1.165) is 5.06 Å². The predicted molar refractivity (Wildman–Crippen MR) is 75.6 cm³/mol. The number of hydroxylamine groups is 2. The molecule has 0 bridgehead atoms. The summed E-state index contributed by atoms with van der Waals surface area (Å²) in [6.07, 6.45) is 1.36. The Morgan fingerprint density at radius 3 is 2.90 bits per heavy atom. The third-order valence-electron chi connectivity index (χ3n) is 3.41. The van der Waals surface area contributed by atoms with Crippen LogP contribution in [0.15, 0.2) is 21.7 Å². The van der Waals surface area contributed by atoms with Crippen molar-refractivity contribution < 1.29 is 18.0 Å². The van der Waals surface area contributed by atoms with Gasteiger partial charge >= 0.3 is 0 Å². The van der Waals surface area contributed by atoms with E-state index in [2.05, 4.69) is 0 Å². The lowest BCUT2D eigenvalue weighted by atomic mass is 9.99. The zero-order valence-corrected chi connectivity index (χ0v) is 13.1. The summed E-state index contributed by atoms with van der Waals surface area (Å²) in [7, 11) is -0.523. The number of carbonyl (C=O) groups excluding carboxylic acids is 1. The van der Waals surface area contributed by atoms with Gasteiger partial charge < -0.3 is 0 Å². The molecule has 0 spiro atoms. The van der Waals surface area contributed by atoms with Crippen LogP contribution in [0.2, 0.25) is 0 Å². The Labute approximate surface area is 122 Å². The van der Waals surface area contributed by atoms with Gasteiger partial charge in [-0.15, -0.1) is 11.3 Å². The summed E-state index contributed by atoms with van der Waals surface area (Å²) in [5.41, 5.74) is 0. The molecule has 0 radical (unpaired) electrons. The van der Waals surface area contributed by atoms with E-state index in [-0.39, 0.29) is 18.4 Å². The van der Waals surface area contributed by atoms with E-state index in [9.17, 15) is 13.2 Å². The normalized spacial score (nSPS) is 20.8. The summed E-state index contributed by atoms with van der Waals surface area (Å²) in [6, 6.07) is 3.30. The maximum Gasteiger partial charge on any atom is 0.252 e. The van der Waals surface area contributed by atoms with Crippen LogP contribution >= 0.6 is 11.3 Å². The molecule has 1 saturated heterocycles. The van der Waals surface area contributed by atoms with Gasteiger partial charge in [-0.05, 0) is 24.3 Å². The number of hydrogen-bond donors (Lipinski definition) is 0. The molecule has 2 heterocycles. The van der Waals surface area contributed by atoms with E-state index in [1.54, 1.807) is 17.5 Å². The van der Waals surface area contributed by atoms with E-state index < -0.39 is 10.0 Å². The van der Waals surface area contributed by atoms with Crippen molar-refractivity contribution >= 4 is 27.3 Å². The quantitative estimate of drug-likeness (QED) is 0.782. The van der Waals surface area contributed by atoms with Gasteiger partial charge in [0.05, 0.1) is 13.0 Å². The second kappa shape index (κ2) is 6.21. The molecule has 1 amide bonds. The second-order valence-corrected chi connectivity index (χ2v) is 7.77. The van der Waals surface area contributed by atoms with Crippen molar-refractivity contribution in [3.8, 4) is 0 Å². The minimum Gasteiger partial charge on any atom is -0.275 e. The van der Waals surface area contributed by atoms with E-state index in [1.165, 1.54) is 29.8 Å². The molecular formula is C12H18N2O4S2. The Kier molecular flexibility index (Phi) is 4.79. The number of nitrogens with zero attached hydrogens (tertiary/aromatic N) is 2. The first-order valence-corrected chi connectivity index (χ1v) is 8.64. The highest BCUT2D eigenvalue weighted by Crippen LogP contribution is 2.27. The average molecular weight is 318 g/mol. The molecule has 112 valence electrons. The molecule has 0 aliphatic carbocycles. The molecule has 2 rings (SSSR count). The van der Waals surface area contributed by atoms with Crippen LogP contribution in [0.25, 0.3) is 0 Å². The Morgan fingerprint density at radius 2 is 2.30 bits per heavy atom. The molecule has 1 aliphatic heterocycles. The van der Waals surface area contributed by atoms with Crippen molar-refractivity contribution in [2.45, 2.75) is 17.1 Å². The van der Waals surface area contributed by atoms with Crippen molar-refractivity contribution in [3.05, 3.63) is 17.5 Å².